The number of aryl methyl sites for hydroxylation is 1. The predicted octanol–water partition coefficient (Wildman–Crippen LogP) is 1.03. The molecule has 1 aliphatic heterocycles. The van der Waals surface area contributed by atoms with Crippen LogP contribution in [0, 0.1) is 0 Å². The minimum absolute atomic E-state index is 0.454. The van der Waals surface area contributed by atoms with Gasteiger partial charge in [-0.15, -0.1) is 0 Å². The van der Waals surface area contributed by atoms with Gasteiger partial charge in [-0.2, -0.15) is 5.10 Å². The number of rotatable bonds is 6. The number of hydrogen-bond donors (Lipinski definition) is 1. The molecule has 0 bridgehead atoms. The quantitative estimate of drug-likeness (QED) is 0.804. The standard InChI is InChI=1S/C12H22N4O/c1-3-5-12(17)8-15(9-12)7-11-13-10-14-16(11)6-4-2/h10,17H,3-9H2,1-2H3. The molecular formula is C12H22N4O. The summed E-state index contributed by atoms with van der Waals surface area (Å²) in [6.07, 6.45) is 4.61. The minimum atomic E-state index is -0.454. The second-order valence-corrected chi connectivity index (χ2v) is 5.02. The molecule has 1 N–H and O–H groups in total. The molecule has 1 aromatic rings. The molecule has 2 rings (SSSR count). The van der Waals surface area contributed by atoms with Crippen LogP contribution in [0.15, 0.2) is 6.33 Å². The van der Waals surface area contributed by atoms with Crippen molar-refractivity contribution in [3.63, 3.8) is 0 Å². The summed E-state index contributed by atoms with van der Waals surface area (Å²) in [7, 11) is 0. The molecular weight excluding hydrogens is 216 g/mol. The van der Waals surface area contributed by atoms with E-state index >= 15 is 0 Å². The molecule has 0 radical (unpaired) electrons. The van der Waals surface area contributed by atoms with Gasteiger partial charge in [0.15, 0.2) is 0 Å². The van der Waals surface area contributed by atoms with Crippen LogP contribution in [0.5, 0.6) is 0 Å². The van der Waals surface area contributed by atoms with Crippen LogP contribution in [0.2, 0.25) is 0 Å². The lowest BCUT2D eigenvalue weighted by molar-refractivity contribution is -0.107. The Labute approximate surface area is 102 Å². The highest BCUT2D eigenvalue weighted by atomic mass is 16.3. The van der Waals surface area contributed by atoms with Gasteiger partial charge >= 0.3 is 0 Å². The molecule has 5 nitrogen and oxygen atoms in total. The van der Waals surface area contributed by atoms with Crippen molar-refractivity contribution in [2.45, 2.75) is 51.8 Å². The lowest BCUT2D eigenvalue weighted by atomic mass is 9.89. The van der Waals surface area contributed by atoms with Gasteiger partial charge in [0.2, 0.25) is 0 Å². The van der Waals surface area contributed by atoms with Crippen LogP contribution in [0.4, 0.5) is 0 Å². The van der Waals surface area contributed by atoms with E-state index in [-0.39, 0.29) is 0 Å². The van der Waals surface area contributed by atoms with Crippen LogP contribution in [0.1, 0.15) is 38.9 Å². The SMILES string of the molecule is CCCn1ncnc1CN1CC(O)(CCC)C1. The summed E-state index contributed by atoms with van der Waals surface area (Å²) >= 11 is 0. The minimum Gasteiger partial charge on any atom is -0.387 e. The first-order chi connectivity index (χ1) is 8.17. The smallest absolute Gasteiger partial charge is 0.141 e. The number of likely N-dealkylation sites (tertiary alicyclic amines) is 1. The van der Waals surface area contributed by atoms with Crippen LogP contribution in [0.25, 0.3) is 0 Å². The van der Waals surface area contributed by atoms with Gasteiger partial charge in [-0.05, 0) is 12.8 Å². The summed E-state index contributed by atoms with van der Waals surface area (Å²) in [5.74, 6) is 1.00. The number of β-amino-alcohol motifs (C(OH)–C–C–N with tert-alkyl or cyclic N) is 1. The van der Waals surface area contributed by atoms with Crippen LogP contribution in [-0.4, -0.2) is 43.5 Å². The van der Waals surface area contributed by atoms with Crippen molar-refractivity contribution in [1.82, 2.24) is 19.7 Å². The molecule has 0 amide bonds. The van der Waals surface area contributed by atoms with E-state index in [0.717, 1.165) is 51.3 Å². The Hall–Kier alpha value is -0.940. The lowest BCUT2D eigenvalue weighted by Gasteiger charge is -2.46. The van der Waals surface area contributed by atoms with E-state index in [1.807, 2.05) is 4.68 Å². The Bertz CT molecular complexity index is 357. The van der Waals surface area contributed by atoms with Crippen molar-refractivity contribution in [3.05, 3.63) is 12.2 Å². The maximum atomic E-state index is 10.1. The van der Waals surface area contributed by atoms with E-state index in [2.05, 4.69) is 28.8 Å². The molecule has 1 saturated heterocycles. The van der Waals surface area contributed by atoms with Crippen molar-refractivity contribution in [1.29, 1.82) is 0 Å². The van der Waals surface area contributed by atoms with Crippen molar-refractivity contribution in [2.75, 3.05) is 13.1 Å². The molecule has 0 aromatic carbocycles. The molecule has 96 valence electrons. The van der Waals surface area contributed by atoms with E-state index in [1.165, 1.54) is 0 Å². The number of hydrogen-bond acceptors (Lipinski definition) is 4. The fourth-order valence-electron chi connectivity index (χ4n) is 2.53. The van der Waals surface area contributed by atoms with Gasteiger partial charge in [0.25, 0.3) is 0 Å². The highest BCUT2D eigenvalue weighted by Gasteiger charge is 2.40. The molecule has 0 aliphatic carbocycles. The molecule has 0 unspecified atom stereocenters. The first kappa shape index (κ1) is 12.5. The molecule has 5 heteroatoms. The maximum Gasteiger partial charge on any atom is 0.141 e. The number of nitrogens with zero attached hydrogens (tertiary/aromatic N) is 4. The summed E-state index contributed by atoms with van der Waals surface area (Å²) in [5.41, 5.74) is -0.454. The average Bonchev–Trinajstić information content (AvgIpc) is 2.65. The zero-order valence-corrected chi connectivity index (χ0v) is 10.8. The largest absolute Gasteiger partial charge is 0.387 e. The topological polar surface area (TPSA) is 54.2 Å². The molecule has 0 saturated carbocycles. The first-order valence-electron chi connectivity index (χ1n) is 6.48. The molecule has 2 heterocycles. The summed E-state index contributed by atoms with van der Waals surface area (Å²) in [6.45, 7) is 7.49. The molecule has 0 atom stereocenters. The van der Waals surface area contributed by atoms with E-state index in [1.54, 1.807) is 6.33 Å². The number of aliphatic hydroxyl groups is 1. The average molecular weight is 238 g/mol. The van der Waals surface area contributed by atoms with Crippen molar-refractivity contribution >= 4 is 0 Å². The Balaban J connectivity index is 1.85. The summed E-state index contributed by atoms with van der Waals surface area (Å²) in [6, 6.07) is 0. The van der Waals surface area contributed by atoms with E-state index < -0.39 is 5.60 Å². The fourth-order valence-corrected chi connectivity index (χ4v) is 2.53. The zero-order chi connectivity index (χ0) is 12.3. The molecule has 0 spiro atoms. The van der Waals surface area contributed by atoms with Crippen LogP contribution < -0.4 is 0 Å². The van der Waals surface area contributed by atoms with Crippen molar-refractivity contribution in [2.24, 2.45) is 0 Å². The first-order valence-corrected chi connectivity index (χ1v) is 6.48. The van der Waals surface area contributed by atoms with Gasteiger partial charge in [0.05, 0.1) is 12.1 Å². The van der Waals surface area contributed by atoms with Crippen molar-refractivity contribution < 1.29 is 5.11 Å². The van der Waals surface area contributed by atoms with Crippen LogP contribution >= 0.6 is 0 Å². The Morgan fingerprint density at radius 2 is 2.12 bits per heavy atom. The van der Waals surface area contributed by atoms with Gasteiger partial charge in [-0.3, -0.25) is 4.90 Å². The number of aromatic nitrogens is 3. The molecule has 1 aliphatic rings. The van der Waals surface area contributed by atoms with E-state index in [9.17, 15) is 5.11 Å². The van der Waals surface area contributed by atoms with E-state index in [4.69, 9.17) is 0 Å². The second kappa shape index (κ2) is 5.14. The zero-order valence-electron chi connectivity index (χ0n) is 10.8. The van der Waals surface area contributed by atoms with Gasteiger partial charge < -0.3 is 5.11 Å². The third kappa shape index (κ3) is 2.84. The third-order valence-electron chi connectivity index (χ3n) is 3.25. The molecule has 17 heavy (non-hydrogen) atoms. The normalized spacial score (nSPS) is 19.2. The monoisotopic (exact) mass is 238 g/mol. The Morgan fingerprint density at radius 3 is 2.76 bits per heavy atom. The van der Waals surface area contributed by atoms with Gasteiger partial charge in [-0.25, -0.2) is 9.67 Å². The van der Waals surface area contributed by atoms with Crippen molar-refractivity contribution in [3.8, 4) is 0 Å². The van der Waals surface area contributed by atoms with E-state index in [0.29, 0.717) is 0 Å². The lowest BCUT2D eigenvalue weighted by Crippen LogP contribution is -2.61. The molecule has 1 fully saturated rings. The second-order valence-electron chi connectivity index (χ2n) is 5.02. The third-order valence-corrected chi connectivity index (χ3v) is 3.25. The Morgan fingerprint density at radius 1 is 1.35 bits per heavy atom. The van der Waals surface area contributed by atoms with Gasteiger partial charge in [-0.1, -0.05) is 20.3 Å². The maximum absolute atomic E-state index is 10.1. The summed E-state index contributed by atoms with van der Waals surface area (Å²) in [5, 5.41) is 14.3. The highest BCUT2D eigenvalue weighted by Crippen LogP contribution is 2.26. The summed E-state index contributed by atoms with van der Waals surface area (Å²) in [4.78, 5) is 6.51. The highest BCUT2D eigenvalue weighted by molar-refractivity contribution is 4.97. The fraction of sp³-hybridized carbons (Fsp3) is 0.833. The predicted molar refractivity (Wildman–Crippen MR) is 65.4 cm³/mol. The Kier molecular flexibility index (Phi) is 3.79. The van der Waals surface area contributed by atoms with Gasteiger partial charge in [0.1, 0.15) is 12.2 Å². The van der Waals surface area contributed by atoms with Crippen LogP contribution in [-0.2, 0) is 13.1 Å². The molecule has 1 aromatic heterocycles. The summed E-state index contributed by atoms with van der Waals surface area (Å²) < 4.78 is 1.96. The van der Waals surface area contributed by atoms with Crippen LogP contribution in [0.3, 0.4) is 0 Å². The van der Waals surface area contributed by atoms with Gasteiger partial charge in [0, 0.05) is 19.6 Å².